The molecule has 1 N–H and O–H groups in total. The van der Waals surface area contributed by atoms with E-state index in [9.17, 15) is 0 Å². The number of quaternary nitrogens is 1. The van der Waals surface area contributed by atoms with E-state index in [4.69, 9.17) is 4.99 Å². The molecule has 0 radical (unpaired) electrons. The lowest BCUT2D eigenvalue weighted by Gasteiger charge is -2.38. The molecule has 4 aromatic carbocycles. The third kappa shape index (κ3) is 3.22. The molecule has 2 heterocycles. The van der Waals surface area contributed by atoms with Crippen LogP contribution in [-0.2, 0) is 0 Å². The molecule has 0 atom stereocenters. The molecule has 0 spiro atoms. The summed E-state index contributed by atoms with van der Waals surface area (Å²) >= 11 is 0. The highest BCUT2D eigenvalue weighted by atomic mass is 15.3. The van der Waals surface area contributed by atoms with Gasteiger partial charge in [-0.25, -0.2) is 4.99 Å². The van der Waals surface area contributed by atoms with Crippen LogP contribution in [0.4, 0.5) is 5.69 Å². The fraction of sp³-hybridized carbons (Fsp3) is 0.179. The Hall–Kier alpha value is -3.43. The second-order valence-corrected chi connectivity index (χ2v) is 8.52. The highest BCUT2D eigenvalue weighted by molar-refractivity contribution is 6.18. The van der Waals surface area contributed by atoms with E-state index in [0.717, 1.165) is 37.7 Å². The maximum atomic E-state index is 5.04. The average Bonchev–Trinajstić information content (AvgIpc) is 3.22. The van der Waals surface area contributed by atoms with Gasteiger partial charge in [-0.1, -0.05) is 91.0 Å². The first-order chi connectivity index (χ1) is 15.4. The van der Waals surface area contributed by atoms with Gasteiger partial charge in [0.1, 0.15) is 11.9 Å². The van der Waals surface area contributed by atoms with Crippen molar-refractivity contribution in [2.45, 2.75) is 6.04 Å². The predicted molar refractivity (Wildman–Crippen MR) is 127 cm³/mol. The number of benzene rings is 4. The second kappa shape index (κ2) is 7.68. The van der Waals surface area contributed by atoms with Gasteiger partial charge in [-0.15, -0.1) is 0 Å². The zero-order valence-electron chi connectivity index (χ0n) is 17.5. The fourth-order valence-electron chi connectivity index (χ4n) is 5.27. The molecule has 0 bridgehead atoms. The van der Waals surface area contributed by atoms with Crippen LogP contribution in [0.3, 0.4) is 0 Å². The quantitative estimate of drug-likeness (QED) is 0.542. The predicted octanol–water partition coefficient (Wildman–Crippen LogP) is 4.22. The number of hydrogen-bond donors (Lipinski definition) is 1. The smallest absolute Gasteiger partial charge is 0.139 e. The van der Waals surface area contributed by atoms with Gasteiger partial charge < -0.3 is 9.80 Å². The molecule has 1 saturated heterocycles. The number of piperazine rings is 1. The Morgan fingerprint density at radius 2 is 1.29 bits per heavy atom. The Morgan fingerprint density at radius 1 is 0.677 bits per heavy atom. The van der Waals surface area contributed by atoms with Crippen molar-refractivity contribution < 1.29 is 4.90 Å². The summed E-state index contributed by atoms with van der Waals surface area (Å²) in [6.45, 7) is 4.24. The van der Waals surface area contributed by atoms with E-state index in [-0.39, 0.29) is 0 Å². The van der Waals surface area contributed by atoms with E-state index in [1.54, 1.807) is 4.90 Å². The van der Waals surface area contributed by atoms with Crippen LogP contribution in [0.15, 0.2) is 102 Å². The Labute approximate surface area is 183 Å². The maximum Gasteiger partial charge on any atom is 0.139 e. The average molecular weight is 405 g/mol. The number of rotatable bonds is 3. The van der Waals surface area contributed by atoms with Gasteiger partial charge >= 0.3 is 0 Å². The third-order valence-electron chi connectivity index (χ3n) is 6.73. The number of nitrogens with one attached hydrogen (secondary N) is 1. The van der Waals surface area contributed by atoms with Gasteiger partial charge in [-0.2, -0.15) is 0 Å². The van der Waals surface area contributed by atoms with Crippen molar-refractivity contribution in [2.75, 3.05) is 26.2 Å². The minimum Gasteiger partial charge on any atom is -0.345 e. The lowest BCUT2D eigenvalue weighted by Crippen LogP contribution is -3.15. The van der Waals surface area contributed by atoms with Gasteiger partial charge in [0.25, 0.3) is 0 Å². The first kappa shape index (κ1) is 18.3. The molecule has 2 aliphatic heterocycles. The van der Waals surface area contributed by atoms with E-state index >= 15 is 0 Å². The molecular formula is C28H26N3+. The molecule has 0 aliphatic carbocycles. The molecule has 6 rings (SSSR count). The van der Waals surface area contributed by atoms with E-state index in [2.05, 4.69) is 102 Å². The van der Waals surface area contributed by atoms with Crippen LogP contribution in [0.25, 0.3) is 10.8 Å². The SMILES string of the molecule is c1ccc(C(c2ccccc2)[NH+]2CCN(C3=Nc4cccc5cccc3c45)CC2)cc1. The molecule has 0 amide bonds. The first-order valence-electron chi connectivity index (χ1n) is 11.2. The van der Waals surface area contributed by atoms with Crippen LogP contribution < -0.4 is 4.90 Å². The van der Waals surface area contributed by atoms with E-state index in [0.29, 0.717) is 6.04 Å². The standard InChI is InChI=1S/C28H25N3/c1-3-9-22(10-4-1)27(23-11-5-2-6-12-23)30-17-19-31(20-18-30)28-24-15-7-13-21-14-8-16-25(29-28)26(21)24/h1-16,27H,17-20H2/p+1. The van der Waals surface area contributed by atoms with Gasteiger partial charge in [0.05, 0.1) is 31.9 Å². The van der Waals surface area contributed by atoms with Crippen molar-refractivity contribution in [1.82, 2.24) is 4.90 Å². The number of aliphatic imine (C=N–C) groups is 1. The first-order valence-corrected chi connectivity index (χ1v) is 11.2. The van der Waals surface area contributed by atoms with Crippen LogP contribution in [0.5, 0.6) is 0 Å². The minimum absolute atomic E-state index is 0.371. The Balaban J connectivity index is 1.27. The van der Waals surface area contributed by atoms with Gasteiger partial charge in [-0.05, 0) is 11.5 Å². The van der Waals surface area contributed by atoms with Crippen LogP contribution in [-0.4, -0.2) is 36.9 Å². The third-order valence-corrected chi connectivity index (χ3v) is 6.73. The molecule has 0 unspecified atom stereocenters. The molecule has 0 aromatic heterocycles. The molecule has 3 nitrogen and oxygen atoms in total. The van der Waals surface area contributed by atoms with Crippen LogP contribution in [0, 0.1) is 0 Å². The topological polar surface area (TPSA) is 20.0 Å². The summed E-state index contributed by atoms with van der Waals surface area (Å²) in [6, 6.07) is 35.3. The van der Waals surface area contributed by atoms with Crippen molar-refractivity contribution in [3.05, 3.63) is 114 Å². The number of nitrogens with zero attached hydrogens (tertiary/aromatic N) is 2. The van der Waals surface area contributed by atoms with E-state index in [1.807, 2.05) is 0 Å². The molecule has 0 saturated carbocycles. The Morgan fingerprint density at radius 3 is 1.94 bits per heavy atom. The van der Waals surface area contributed by atoms with Crippen LogP contribution in [0.2, 0.25) is 0 Å². The normalized spacial score (nSPS) is 16.2. The summed E-state index contributed by atoms with van der Waals surface area (Å²) in [5, 5.41) is 2.59. The molecule has 31 heavy (non-hydrogen) atoms. The summed E-state index contributed by atoms with van der Waals surface area (Å²) in [7, 11) is 0. The van der Waals surface area contributed by atoms with Crippen molar-refractivity contribution in [2.24, 2.45) is 4.99 Å². The largest absolute Gasteiger partial charge is 0.345 e. The van der Waals surface area contributed by atoms with Gasteiger partial charge in [0, 0.05) is 22.1 Å². The van der Waals surface area contributed by atoms with Crippen molar-refractivity contribution >= 4 is 22.3 Å². The summed E-state index contributed by atoms with van der Waals surface area (Å²) in [6.07, 6.45) is 0. The Kier molecular flexibility index (Phi) is 4.54. The molecule has 1 fully saturated rings. The molecule has 152 valence electrons. The fourth-order valence-corrected chi connectivity index (χ4v) is 5.27. The second-order valence-electron chi connectivity index (χ2n) is 8.52. The van der Waals surface area contributed by atoms with E-state index in [1.165, 1.54) is 27.5 Å². The Bertz CT molecular complexity index is 1190. The highest BCUT2D eigenvalue weighted by Crippen LogP contribution is 2.36. The van der Waals surface area contributed by atoms with Crippen molar-refractivity contribution in [3.8, 4) is 0 Å². The highest BCUT2D eigenvalue weighted by Gasteiger charge is 2.32. The number of amidine groups is 1. The van der Waals surface area contributed by atoms with Crippen molar-refractivity contribution in [1.29, 1.82) is 0 Å². The monoisotopic (exact) mass is 404 g/mol. The van der Waals surface area contributed by atoms with Gasteiger partial charge in [0.15, 0.2) is 0 Å². The summed E-state index contributed by atoms with van der Waals surface area (Å²) in [5.41, 5.74) is 5.20. The molecule has 4 aromatic rings. The zero-order chi connectivity index (χ0) is 20.6. The van der Waals surface area contributed by atoms with Crippen LogP contribution >= 0.6 is 0 Å². The maximum absolute atomic E-state index is 5.04. The van der Waals surface area contributed by atoms with E-state index < -0.39 is 0 Å². The number of hydrogen-bond acceptors (Lipinski definition) is 2. The molecular weight excluding hydrogens is 378 g/mol. The molecule has 2 aliphatic rings. The summed E-state index contributed by atoms with van der Waals surface area (Å²) < 4.78 is 0. The summed E-state index contributed by atoms with van der Waals surface area (Å²) in [5.74, 6) is 1.15. The summed E-state index contributed by atoms with van der Waals surface area (Å²) in [4.78, 5) is 9.16. The van der Waals surface area contributed by atoms with Gasteiger partial charge in [0.2, 0.25) is 0 Å². The lowest BCUT2D eigenvalue weighted by molar-refractivity contribution is -0.929. The minimum atomic E-state index is 0.371. The van der Waals surface area contributed by atoms with Crippen LogP contribution in [0.1, 0.15) is 22.7 Å². The zero-order valence-corrected chi connectivity index (χ0v) is 17.5. The van der Waals surface area contributed by atoms with Crippen molar-refractivity contribution in [3.63, 3.8) is 0 Å². The molecule has 3 heteroatoms. The van der Waals surface area contributed by atoms with Gasteiger partial charge in [-0.3, -0.25) is 0 Å². The lowest BCUT2D eigenvalue weighted by atomic mass is 9.96.